The number of methoxy groups -OCH3 is 1. The lowest BCUT2D eigenvalue weighted by atomic mass is 10.1. The van der Waals surface area contributed by atoms with Crippen LogP contribution in [0.3, 0.4) is 0 Å². The van der Waals surface area contributed by atoms with E-state index in [-0.39, 0.29) is 6.10 Å². The Hall–Kier alpha value is -4.10. The van der Waals surface area contributed by atoms with Crippen molar-refractivity contribution in [2.75, 3.05) is 32.6 Å². The van der Waals surface area contributed by atoms with Gasteiger partial charge in [-0.15, -0.1) is 0 Å². The third-order valence-corrected chi connectivity index (χ3v) is 7.15. The number of hydrogen-bond donors (Lipinski definition) is 1. The second-order valence-corrected chi connectivity index (χ2v) is 9.65. The van der Waals surface area contributed by atoms with E-state index >= 15 is 0 Å². The van der Waals surface area contributed by atoms with Gasteiger partial charge in [-0.1, -0.05) is 24.3 Å². The van der Waals surface area contributed by atoms with E-state index in [1.165, 1.54) is 0 Å². The number of piperidine rings is 1. The minimum absolute atomic E-state index is 0.203. The van der Waals surface area contributed by atoms with Crippen molar-refractivity contribution < 1.29 is 9.47 Å². The third-order valence-electron chi connectivity index (χ3n) is 7.15. The Labute approximate surface area is 216 Å². The Morgan fingerprint density at radius 3 is 2.65 bits per heavy atom. The standard InChI is InChI=1S/C30H31N5O2/c1-34-15-13-24(14-16-34)37-28-9-5-7-25-29(28)30(32-20-31-25)33-23-10-11-26-21(18-23)12-17-35(26)19-22-6-3-4-8-27(22)36-2/h3-12,17-18,20,24H,13-16,19H2,1-2H3,(H,31,32,33). The molecule has 3 heterocycles. The van der Waals surface area contributed by atoms with Crippen molar-refractivity contribution in [2.45, 2.75) is 25.5 Å². The van der Waals surface area contributed by atoms with Crippen LogP contribution in [0.2, 0.25) is 0 Å². The molecule has 0 bridgehead atoms. The quantitative estimate of drug-likeness (QED) is 0.306. The number of nitrogens with one attached hydrogen (secondary N) is 1. The van der Waals surface area contributed by atoms with E-state index in [0.717, 1.165) is 82.8 Å². The fourth-order valence-electron chi connectivity index (χ4n) is 5.12. The molecule has 7 heteroatoms. The molecule has 0 spiro atoms. The summed E-state index contributed by atoms with van der Waals surface area (Å²) in [6, 6.07) is 22.7. The molecular formula is C30H31N5O2. The van der Waals surface area contributed by atoms with Gasteiger partial charge in [-0.3, -0.25) is 0 Å². The fourth-order valence-corrected chi connectivity index (χ4v) is 5.12. The van der Waals surface area contributed by atoms with Crippen molar-refractivity contribution >= 4 is 33.3 Å². The van der Waals surface area contributed by atoms with E-state index in [4.69, 9.17) is 9.47 Å². The minimum Gasteiger partial charge on any atom is -0.496 e. The maximum Gasteiger partial charge on any atom is 0.145 e. The number of aromatic nitrogens is 3. The SMILES string of the molecule is COc1ccccc1Cn1ccc2cc(Nc3ncnc4cccc(OC5CCN(C)CC5)c34)ccc21. The predicted octanol–water partition coefficient (Wildman–Crippen LogP) is 5.86. The van der Waals surface area contributed by atoms with Crippen LogP contribution in [-0.4, -0.2) is 52.8 Å². The van der Waals surface area contributed by atoms with E-state index in [1.54, 1.807) is 13.4 Å². The largest absolute Gasteiger partial charge is 0.496 e. The monoisotopic (exact) mass is 493 g/mol. The number of nitrogens with zero attached hydrogens (tertiary/aromatic N) is 4. The van der Waals surface area contributed by atoms with Crippen LogP contribution in [0.5, 0.6) is 11.5 Å². The van der Waals surface area contributed by atoms with Gasteiger partial charge in [0.1, 0.15) is 29.7 Å². The zero-order valence-electron chi connectivity index (χ0n) is 21.2. The first-order valence-corrected chi connectivity index (χ1v) is 12.7. The highest BCUT2D eigenvalue weighted by Gasteiger charge is 2.20. The first kappa shape index (κ1) is 23.3. The van der Waals surface area contributed by atoms with Gasteiger partial charge in [-0.05, 0) is 62.4 Å². The van der Waals surface area contributed by atoms with Crippen molar-refractivity contribution in [1.82, 2.24) is 19.4 Å². The Morgan fingerprint density at radius 1 is 0.946 bits per heavy atom. The van der Waals surface area contributed by atoms with E-state index < -0.39 is 0 Å². The van der Waals surface area contributed by atoms with Crippen LogP contribution in [0, 0.1) is 0 Å². The number of likely N-dealkylation sites (tertiary alicyclic amines) is 1. The maximum absolute atomic E-state index is 6.48. The summed E-state index contributed by atoms with van der Waals surface area (Å²) >= 11 is 0. The number of rotatable bonds is 7. The number of fused-ring (bicyclic) bond motifs is 2. The van der Waals surface area contributed by atoms with Crippen LogP contribution in [0.4, 0.5) is 11.5 Å². The van der Waals surface area contributed by atoms with Crippen molar-refractivity contribution in [3.63, 3.8) is 0 Å². The van der Waals surface area contributed by atoms with Gasteiger partial charge in [0.15, 0.2) is 0 Å². The molecule has 1 aliphatic rings. The summed E-state index contributed by atoms with van der Waals surface area (Å²) in [5, 5.41) is 5.60. The summed E-state index contributed by atoms with van der Waals surface area (Å²) in [5.41, 5.74) is 4.15. The highest BCUT2D eigenvalue weighted by Crippen LogP contribution is 2.34. The summed E-state index contributed by atoms with van der Waals surface area (Å²) in [5.74, 6) is 2.48. The lowest BCUT2D eigenvalue weighted by molar-refractivity contribution is 0.116. The molecule has 2 aromatic heterocycles. The van der Waals surface area contributed by atoms with Gasteiger partial charge in [0.05, 0.1) is 24.6 Å². The number of para-hydroxylation sites is 1. The molecular weight excluding hydrogens is 462 g/mol. The van der Waals surface area contributed by atoms with Crippen LogP contribution >= 0.6 is 0 Å². The lowest BCUT2D eigenvalue weighted by Crippen LogP contribution is -2.35. The second-order valence-electron chi connectivity index (χ2n) is 9.65. The van der Waals surface area contributed by atoms with E-state index in [1.807, 2.05) is 36.4 Å². The van der Waals surface area contributed by atoms with E-state index in [9.17, 15) is 0 Å². The molecule has 1 fully saturated rings. The van der Waals surface area contributed by atoms with E-state index in [2.05, 4.69) is 68.3 Å². The van der Waals surface area contributed by atoms with Gasteiger partial charge in [-0.25, -0.2) is 9.97 Å². The number of hydrogen-bond acceptors (Lipinski definition) is 6. The van der Waals surface area contributed by atoms with Crippen LogP contribution in [0.25, 0.3) is 21.8 Å². The molecule has 0 aliphatic carbocycles. The molecule has 1 aliphatic heterocycles. The zero-order valence-corrected chi connectivity index (χ0v) is 21.2. The average Bonchev–Trinajstić information content (AvgIpc) is 3.32. The molecule has 1 N–H and O–H groups in total. The summed E-state index contributed by atoms with van der Waals surface area (Å²) in [6.07, 6.45) is 5.97. The van der Waals surface area contributed by atoms with E-state index in [0.29, 0.717) is 0 Å². The van der Waals surface area contributed by atoms with Crippen molar-refractivity contribution in [3.05, 3.63) is 84.8 Å². The van der Waals surface area contributed by atoms with Gasteiger partial charge < -0.3 is 24.3 Å². The lowest BCUT2D eigenvalue weighted by Gasteiger charge is -2.29. The Kier molecular flexibility index (Phi) is 6.37. The normalized spacial score (nSPS) is 14.8. The van der Waals surface area contributed by atoms with Crippen molar-refractivity contribution in [3.8, 4) is 11.5 Å². The smallest absolute Gasteiger partial charge is 0.145 e. The summed E-state index contributed by atoms with van der Waals surface area (Å²) in [6.45, 7) is 2.84. The molecule has 5 aromatic rings. The van der Waals surface area contributed by atoms with Gasteiger partial charge in [0, 0.05) is 41.4 Å². The van der Waals surface area contributed by atoms with Gasteiger partial charge in [-0.2, -0.15) is 0 Å². The highest BCUT2D eigenvalue weighted by molar-refractivity contribution is 5.96. The Morgan fingerprint density at radius 2 is 1.78 bits per heavy atom. The summed E-state index contributed by atoms with van der Waals surface area (Å²) in [7, 11) is 3.87. The number of ether oxygens (including phenoxy) is 2. The third kappa shape index (κ3) is 4.82. The van der Waals surface area contributed by atoms with Gasteiger partial charge in [0.2, 0.25) is 0 Å². The zero-order chi connectivity index (χ0) is 25.2. The first-order chi connectivity index (χ1) is 18.2. The molecule has 6 rings (SSSR count). The molecule has 0 atom stereocenters. The van der Waals surface area contributed by atoms with Gasteiger partial charge in [0.25, 0.3) is 0 Å². The predicted molar refractivity (Wildman–Crippen MR) is 148 cm³/mol. The van der Waals surface area contributed by atoms with Crippen LogP contribution in [0.1, 0.15) is 18.4 Å². The molecule has 0 radical (unpaired) electrons. The molecule has 1 saturated heterocycles. The average molecular weight is 494 g/mol. The molecule has 188 valence electrons. The van der Waals surface area contributed by atoms with Crippen molar-refractivity contribution in [1.29, 1.82) is 0 Å². The molecule has 7 nitrogen and oxygen atoms in total. The number of anilines is 2. The molecule has 37 heavy (non-hydrogen) atoms. The molecule has 0 amide bonds. The van der Waals surface area contributed by atoms with Crippen LogP contribution < -0.4 is 14.8 Å². The minimum atomic E-state index is 0.203. The molecule has 3 aromatic carbocycles. The van der Waals surface area contributed by atoms with Crippen LogP contribution in [-0.2, 0) is 6.54 Å². The highest BCUT2D eigenvalue weighted by atomic mass is 16.5. The fraction of sp³-hybridized carbons (Fsp3) is 0.267. The summed E-state index contributed by atoms with van der Waals surface area (Å²) < 4.78 is 14.3. The maximum atomic E-state index is 6.48. The van der Waals surface area contributed by atoms with Crippen molar-refractivity contribution in [2.24, 2.45) is 0 Å². The number of benzene rings is 3. The first-order valence-electron chi connectivity index (χ1n) is 12.7. The Bertz CT molecular complexity index is 1530. The molecule has 0 unspecified atom stereocenters. The van der Waals surface area contributed by atoms with Crippen LogP contribution in [0.15, 0.2) is 79.3 Å². The summed E-state index contributed by atoms with van der Waals surface area (Å²) in [4.78, 5) is 11.4. The second kappa shape index (κ2) is 10.1. The molecule has 0 saturated carbocycles. The topological polar surface area (TPSA) is 64.4 Å². The van der Waals surface area contributed by atoms with Gasteiger partial charge >= 0.3 is 0 Å². The Balaban J connectivity index is 1.28.